The number of carbonyl (C=O) groups excluding carboxylic acids is 1. The van der Waals surface area contributed by atoms with E-state index in [1.165, 1.54) is 13.3 Å². The predicted molar refractivity (Wildman–Crippen MR) is 95.1 cm³/mol. The van der Waals surface area contributed by atoms with Crippen LogP contribution in [0.25, 0.3) is 0 Å². The van der Waals surface area contributed by atoms with Crippen molar-refractivity contribution in [1.29, 1.82) is 5.26 Å². The van der Waals surface area contributed by atoms with Gasteiger partial charge in [0.1, 0.15) is 17.4 Å². The molecule has 0 saturated carbocycles. The second kappa shape index (κ2) is 8.04. The van der Waals surface area contributed by atoms with E-state index in [0.717, 1.165) is 11.3 Å². The molecule has 122 valence electrons. The molecule has 0 heterocycles. The fourth-order valence-electron chi connectivity index (χ4n) is 1.99. The molecule has 0 saturated heterocycles. The van der Waals surface area contributed by atoms with Crippen molar-refractivity contribution in [2.45, 2.75) is 6.92 Å². The topological polar surface area (TPSA) is 74.1 Å². The highest BCUT2D eigenvalue weighted by atomic mass is 35.5. The molecule has 0 atom stereocenters. The van der Waals surface area contributed by atoms with E-state index >= 15 is 0 Å². The van der Waals surface area contributed by atoms with Crippen LogP contribution in [0.2, 0.25) is 5.02 Å². The number of nitrogens with zero attached hydrogens (tertiary/aromatic N) is 1. The van der Waals surface area contributed by atoms with Crippen molar-refractivity contribution in [2.75, 3.05) is 17.7 Å². The minimum Gasteiger partial charge on any atom is -0.495 e. The first-order valence-corrected chi connectivity index (χ1v) is 7.50. The average Bonchev–Trinajstić information content (AvgIpc) is 2.58. The number of hydrogen-bond acceptors (Lipinski definition) is 4. The summed E-state index contributed by atoms with van der Waals surface area (Å²) in [5, 5.41) is 15.4. The minimum absolute atomic E-state index is 0.0692. The van der Waals surface area contributed by atoms with Crippen molar-refractivity contribution in [1.82, 2.24) is 0 Å². The van der Waals surface area contributed by atoms with Crippen LogP contribution in [-0.4, -0.2) is 13.0 Å². The Balaban J connectivity index is 2.17. The molecule has 0 bridgehead atoms. The van der Waals surface area contributed by atoms with Gasteiger partial charge in [0.15, 0.2) is 0 Å². The lowest BCUT2D eigenvalue weighted by molar-refractivity contribution is -0.112. The number of rotatable bonds is 5. The molecule has 2 rings (SSSR count). The van der Waals surface area contributed by atoms with Gasteiger partial charge in [-0.15, -0.1) is 0 Å². The largest absolute Gasteiger partial charge is 0.495 e. The summed E-state index contributed by atoms with van der Waals surface area (Å²) in [6.45, 7) is 1.90. The maximum absolute atomic E-state index is 12.3. The lowest BCUT2D eigenvalue weighted by atomic mass is 10.2. The second-order valence-electron chi connectivity index (χ2n) is 4.93. The van der Waals surface area contributed by atoms with E-state index in [0.29, 0.717) is 16.5 Å². The number of para-hydroxylation sites is 2. The molecule has 0 fully saturated rings. The van der Waals surface area contributed by atoms with Gasteiger partial charge >= 0.3 is 0 Å². The standard InChI is InChI=1S/C18H16ClN3O2/c1-12-7-8-14(19)9-16(12)21-11-13(10-20)18(23)22-15-5-3-4-6-17(15)24-2/h3-9,11,21H,1-2H3,(H,22,23)/b13-11-. The highest BCUT2D eigenvalue weighted by Crippen LogP contribution is 2.24. The van der Waals surface area contributed by atoms with Gasteiger partial charge in [0, 0.05) is 16.9 Å². The molecule has 0 aliphatic rings. The SMILES string of the molecule is COc1ccccc1NC(=O)/C(C#N)=C\Nc1cc(Cl)ccc1C. The Labute approximate surface area is 145 Å². The van der Waals surface area contributed by atoms with Gasteiger partial charge in [-0.25, -0.2) is 0 Å². The lowest BCUT2D eigenvalue weighted by Crippen LogP contribution is -2.15. The molecular formula is C18H16ClN3O2. The Morgan fingerprint density at radius 2 is 2.00 bits per heavy atom. The molecule has 1 amide bonds. The van der Waals surface area contributed by atoms with E-state index in [-0.39, 0.29) is 5.57 Å². The predicted octanol–water partition coefficient (Wildman–Crippen LogP) is 4.12. The summed E-state index contributed by atoms with van der Waals surface area (Å²) in [5.41, 5.74) is 2.09. The Hall–Kier alpha value is -2.97. The number of halogens is 1. The van der Waals surface area contributed by atoms with Crippen LogP contribution in [0, 0.1) is 18.3 Å². The summed E-state index contributed by atoms with van der Waals surface area (Å²) < 4.78 is 5.17. The minimum atomic E-state index is -0.533. The maximum atomic E-state index is 12.3. The zero-order chi connectivity index (χ0) is 17.5. The fraction of sp³-hybridized carbons (Fsp3) is 0.111. The van der Waals surface area contributed by atoms with Gasteiger partial charge in [-0.1, -0.05) is 29.8 Å². The molecular weight excluding hydrogens is 326 g/mol. The molecule has 24 heavy (non-hydrogen) atoms. The lowest BCUT2D eigenvalue weighted by Gasteiger charge is -2.10. The van der Waals surface area contributed by atoms with Crippen molar-refractivity contribution >= 4 is 28.9 Å². The Kier molecular flexibility index (Phi) is 5.83. The molecule has 0 aromatic heterocycles. The molecule has 5 nitrogen and oxygen atoms in total. The number of benzene rings is 2. The van der Waals surface area contributed by atoms with Gasteiger partial charge in [0.05, 0.1) is 12.8 Å². The highest BCUT2D eigenvalue weighted by molar-refractivity contribution is 6.30. The Morgan fingerprint density at radius 3 is 2.71 bits per heavy atom. The maximum Gasteiger partial charge on any atom is 0.267 e. The van der Waals surface area contributed by atoms with E-state index in [1.54, 1.807) is 36.4 Å². The first-order chi connectivity index (χ1) is 11.5. The number of nitrogens with one attached hydrogen (secondary N) is 2. The third-order valence-electron chi connectivity index (χ3n) is 3.29. The molecule has 0 spiro atoms. The van der Waals surface area contributed by atoms with Crippen LogP contribution in [0.1, 0.15) is 5.56 Å². The van der Waals surface area contributed by atoms with E-state index in [4.69, 9.17) is 16.3 Å². The van der Waals surface area contributed by atoms with Crippen LogP contribution in [0.3, 0.4) is 0 Å². The number of carbonyl (C=O) groups is 1. The number of methoxy groups -OCH3 is 1. The second-order valence-corrected chi connectivity index (χ2v) is 5.36. The first-order valence-electron chi connectivity index (χ1n) is 7.12. The smallest absolute Gasteiger partial charge is 0.267 e. The van der Waals surface area contributed by atoms with E-state index in [2.05, 4.69) is 10.6 Å². The molecule has 2 N–H and O–H groups in total. The van der Waals surface area contributed by atoms with E-state index < -0.39 is 5.91 Å². The highest BCUT2D eigenvalue weighted by Gasteiger charge is 2.12. The van der Waals surface area contributed by atoms with Crippen molar-refractivity contribution in [3.05, 3.63) is 64.8 Å². The number of aryl methyl sites for hydroxylation is 1. The number of ether oxygens (including phenoxy) is 1. The van der Waals surface area contributed by atoms with Gasteiger partial charge < -0.3 is 15.4 Å². The molecule has 0 unspecified atom stereocenters. The zero-order valence-corrected chi connectivity index (χ0v) is 14.0. The van der Waals surface area contributed by atoms with Crippen LogP contribution in [-0.2, 0) is 4.79 Å². The molecule has 0 aliphatic carbocycles. The van der Waals surface area contributed by atoms with Gasteiger partial charge in [-0.2, -0.15) is 5.26 Å². The Morgan fingerprint density at radius 1 is 1.25 bits per heavy atom. The fourth-order valence-corrected chi connectivity index (χ4v) is 2.16. The summed E-state index contributed by atoms with van der Waals surface area (Å²) in [6.07, 6.45) is 1.35. The number of hydrogen-bond donors (Lipinski definition) is 2. The summed E-state index contributed by atoms with van der Waals surface area (Å²) in [7, 11) is 1.51. The van der Waals surface area contributed by atoms with E-state index in [1.807, 2.05) is 19.1 Å². The quantitative estimate of drug-likeness (QED) is 0.634. The molecule has 0 aliphatic heterocycles. The van der Waals surface area contributed by atoms with Crippen molar-refractivity contribution in [2.24, 2.45) is 0 Å². The van der Waals surface area contributed by atoms with Gasteiger partial charge in [-0.3, -0.25) is 4.79 Å². The van der Waals surface area contributed by atoms with Gasteiger partial charge in [0.25, 0.3) is 5.91 Å². The number of amides is 1. The summed E-state index contributed by atoms with van der Waals surface area (Å²) in [5.74, 6) is -0.0176. The van der Waals surface area contributed by atoms with Crippen LogP contribution in [0.5, 0.6) is 5.75 Å². The van der Waals surface area contributed by atoms with Crippen molar-refractivity contribution in [3.8, 4) is 11.8 Å². The van der Waals surface area contributed by atoms with E-state index in [9.17, 15) is 10.1 Å². The van der Waals surface area contributed by atoms with Crippen LogP contribution in [0.15, 0.2) is 54.2 Å². The normalized spacial score (nSPS) is 10.7. The van der Waals surface area contributed by atoms with Crippen LogP contribution < -0.4 is 15.4 Å². The van der Waals surface area contributed by atoms with Crippen molar-refractivity contribution in [3.63, 3.8) is 0 Å². The zero-order valence-electron chi connectivity index (χ0n) is 13.3. The third kappa shape index (κ3) is 4.28. The summed E-state index contributed by atoms with van der Waals surface area (Å²) >= 11 is 5.95. The average molecular weight is 342 g/mol. The molecule has 2 aromatic carbocycles. The van der Waals surface area contributed by atoms with Crippen LogP contribution >= 0.6 is 11.6 Å². The Bertz CT molecular complexity index is 825. The van der Waals surface area contributed by atoms with Crippen LogP contribution in [0.4, 0.5) is 11.4 Å². The van der Waals surface area contributed by atoms with Gasteiger partial charge in [0.2, 0.25) is 0 Å². The number of anilines is 2. The molecule has 2 aromatic rings. The third-order valence-corrected chi connectivity index (χ3v) is 3.53. The molecule has 0 radical (unpaired) electrons. The monoisotopic (exact) mass is 341 g/mol. The van der Waals surface area contributed by atoms with Crippen molar-refractivity contribution < 1.29 is 9.53 Å². The molecule has 6 heteroatoms. The summed E-state index contributed by atoms with van der Waals surface area (Å²) in [6, 6.07) is 14.2. The van der Waals surface area contributed by atoms with Gasteiger partial charge in [-0.05, 0) is 36.8 Å². The first kappa shape index (κ1) is 17.4. The number of nitriles is 1. The summed E-state index contributed by atoms with van der Waals surface area (Å²) in [4.78, 5) is 12.3.